The number of nitrogens with one attached hydrogen (secondary N) is 1. The highest BCUT2D eigenvalue weighted by molar-refractivity contribution is 5.83. The highest BCUT2D eigenvalue weighted by Crippen LogP contribution is 2.33. The van der Waals surface area contributed by atoms with E-state index in [4.69, 9.17) is 4.74 Å². The molecule has 1 aliphatic carbocycles. The van der Waals surface area contributed by atoms with Crippen molar-refractivity contribution in [2.75, 3.05) is 20.2 Å². The summed E-state index contributed by atoms with van der Waals surface area (Å²) >= 11 is 0. The Morgan fingerprint density at radius 3 is 2.56 bits per heavy atom. The number of alkyl halides is 2. The maximum absolute atomic E-state index is 13.9. The lowest BCUT2D eigenvalue weighted by molar-refractivity contribution is -0.137. The van der Waals surface area contributed by atoms with E-state index in [1.807, 2.05) is 0 Å². The molecule has 2 fully saturated rings. The maximum Gasteiger partial charge on any atom is 0.262 e. The molecule has 0 bridgehead atoms. The highest BCUT2D eigenvalue weighted by Gasteiger charge is 2.37. The third-order valence-electron chi connectivity index (χ3n) is 5.12. The van der Waals surface area contributed by atoms with E-state index in [0.717, 1.165) is 18.9 Å². The number of ether oxygens (including phenoxy) is 1. The van der Waals surface area contributed by atoms with Gasteiger partial charge in [-0.1, -0.05) is 6.07 Å². The monoisotopic (exact) mass is 384 g/mol. The predicted molar refractivity (Wildman–Crippen MR) is 91.9 cm³/mol. The van der Waals surface area contributed by atoms with Gasteiger partial charge in [0.15, 0.2) is 11.6 Å². The number of nitrogens with zero attached hydrogens (tertiary/aromatic N) is 1. The van der Waals surface area contributed by atoms with Crippen LogP contribution < -0.4 is 10.1 Å². The van der Waals surface area contributed by atoms with Gasteiger partial charge in [0, 0.05) is 19.0 Å². The van der Waals surface area contributed by atoms with Gasteiger partial charge >= 0.3 is 0 Å². The van der Waals surface area contributed by atoms with Gasteiger partial charge in [0.25, 0.3) is 6.43 Å². The molecule has 1 aliphatic heterocycles. The van der Waals surface area contributed by atoms with Crippen molar-refractivity contribution in [3.63, 3.8) is 0 Å². The molecular formula is C19H23F3N2O3. The zero-order valence-corrected chi connectivity index (χ0v) is 15.1. The summed E-state index contributed by atoms with van der Waals surface area (Å²) in [5.41, 5.74) is -0.0293. The normalized spacial score (nSPS) is 21.1. The molecule has 1 saturated carbocycles. The fourth-order valence-corrected chi connectivity index (χ4v) is 3.42. The van der Waals surface area contributed by atoms with Crippen LogP contribution in [0, 0.1) is 17.7 Å². The minimum atomic E-state index is -2.89. The molecule has 27 heavy (non-hydrogen) atoms. The summed E-state index contributed by atoms with van der Waals surface area (Å²) in [4.78, 5) is 26.4. The highest BCUT2D eigenvalue weighted by atomic mass is 19.3. The van der Waals surface area contributed by atoms with Gasteiger partial charge in [-0.3, -0.25) is 9.59 Å². The molecule has 1 saturated heterocycles. The number of carbonyl (C=O) groups is 2. The second kappa shape index (κ2) is 8.19. The first-order valence-electron chi connectivity index (χ1n) is 9.11. The van der Waals surface area contributed by atoms with Gasteiger partial charge in [-0.25, -0.2) is 13.2 Å². The third kappa shape index (κ3) is 4.54. The summed E-state index contributed by atoms with van der Waals surface area (Å²) in [7, 11) is 1.28. The molecule has 0 unspecified atom stereocenters. The third-order valence-corrected chi connectivity index (χ3v) is 5.12. The van der Waals surface area contributed by atoms with E-state index >= 15 is 0 Å². The Morgan fingerprint density at radius 2 is 1.96 bits per heavy atom. The Morgan fingerprint density at radius 1 is 1.22 bits per heavy atom. The van der Waals surface area contributed by atoms with Gasteiger partial charge < -0.3 is 15.0 Å². The van der Waals surface area contributed by atoms with Crippen molar-refractivity contribution in [3.8, 4) is 5.75 Å². The number of hydrogen-bond donors (Lipinski definition) is 1. The van der Waals surface area contributed by atoms with Crippen molar-refractivity contribution in [3.05, 3.63) is 29.6 Å². The fraction of sp³-hybridized carbons (Fsp3) is 0.579. The molecule has 3 rings (SSSR count). The number of methoxy groups -OCH3 is 1. The quantitative estimate of drug-likeness (QED) is 0.821. The van der Waals surface area contributed by atoms with Gasteiger partial charge in [-0.15, -0.1) is 0 Å². The van der Waals surface area contributed by atoms with Gasteiger partial charge in [0.2, 0.25) is 11.8 Å². The van der Waals surface area contributed by atoms with Crippen molar-refractivity contribution < 1.29 is 27.5 Å². The number of halogens is 3. The molecule has 0 spiro atoms. The predicted octanol–water partition coefficient (Wildman–Crippen LogP) is 2.91. The lowest BCUT2D eigenvalue weighted by atomic mass is 9.95. The Labute approximate surface area is 155 Å². The Kier molecular flexibility index (Phi) is 5.92. The van der Waals surface area contributed by atoms with Crippen LogP contribution in [0.2, 0.25) is 0 Å². The van der Waals surface area contributed by atoms with E-state index in [1.54, 1.807) is 4.90 Å². The second-order valence-electron chi connectivity index (χ2n) is 7.11. The molecule has 148 valence electrons. The van der Waals surface area contributed by atoms with E-state index in [-0.39, 0.29) is 29.7 Å². The SMILES string of the molecule is COc1ccc([C@H](NC(=O)[C@@H]2CCCN(C(=O)C3CC3)C2)C(F)F)cc1F. The number of benzene rings is 1. The van der Waals surface area contributed by atoms with E-state index in [1.165, 1.54) is 19.2 Å². The Balaban J connectivity index is 1.67. The van der Waals surface area contributed by atoms with Crippen LogP contribution in [0.25, 0.3) is 0 Å². The lowest BCUT2D eigenvalue weighted by Crippen LogP contribution is -2.47. The zero-order valence-electron chi connectivity index (χ0n) is 15.1. The van der Waals surface area contributed by atoms with Crippen molar-refractivity contribution >= 4 is 11.8 Å². The minimum Gasteiger partial charge on any atom is -0.494 e. The topological polar surface area (TPSA) is 58.6 Å². The lowest BCUT2D eigenvalue weighted by Gasteiger charge is -2.33. The maximum atomic E-state index is 13.9. The molecule has 0 aromatic heterocycles. The molecular weight excluding hydrogens is 361 g/mol. The smallest absolute Gasteiger partial charge is 0.262 e. The Hall–Kier alpha value is -2.25. The summed E-state index contributed by atoms with van der Waals surface area (Å²) in [5.74, 6) is -1.79. The fourth-order valence-electron chi connectivity index (χ4n) is 3.42. The summed E-state index contributed by atoms with van der Waals surface area (Å²) in [6.45, 7) is 0.842. The standard InChI is InChI=1S/C19H23F3N2O3/c1-27-15-7-6-12(9-14(15)20)16(17(21)22)23-18(25)13-3-2-8-24(10-13)19(26)11-4-5-11/h6-7,9,11,13,16-17H,2-5,8,10H2,1H3,(H,23,25)/t13-,16+/m1/s1. The van der Waals surface area contributed by atoms with E-state index in [0.29, 0.717) is 19.4 Å². The van der Waals surface area contributed by atoms with Gasteiger partial charge in [-0.05, 0) is 43.4 Å². The number of hydrogen-bond acceptors (Lipinski definition) is 3. The van der Waals surface area contributed by atoms with Crippen LogP contribution in [0.15, 0.2) is 18.2 Å². The van der Waals surface area contributed by atoms with Crippen LogP contribution in [-0.4, -0.2) is 43.3 Å². The Bertz CT molecular complexity index is 709. The van der Waals surface area contributed by atoms with Crippen LogP contribution in [0.4, 0.5) is 13.2 Å². The van der Waals surface area contributed by atoms with Crippen molar-refractivity contribution in [2.45, 2.75) is 38.2 Å². The first-order valence-corrected chi connectivity index (χ1v) is 9.11. The van der Waals surface area contributed by atoms with Gasteiger partial charge in [0.05, 0.1) is 13.0 Å². The van der Waals surface area contributed by atoms with Crippen LogP contribution in [0.3, 0.4) is 0 Å². The zero-order chi connectivity index (χ0) is 19.6. The summed E-state index contributed by atoms with van der Waals surface area (Å²) in [6.07, 6.45) is 0.0561. The number of piperidine rings is 1. The van der Waals surface area contributed by atoms with Crippen molar-refractivity contribution in [1.82, 2.24) is 10.2 Å². The first-order chi connectivity index (χ1) is 12.9. The molecule has 1 heterocycles. The van der Waals surface area contributed by atoms with E-state index < -0.39 is 30.1 Å². The molecule has 2 amide bonds. The average Bonchev–Trinajstić information content (AvgIpc) is 3.50. The molecule has 1 N–H and O–H groups in total. The molecule has 8 heteroatoms. The largest absolute Gasteiger partial charge is 0.494 e. The number of rotatable bonds is 6. The molecule has 1 aromatic rings. The van der Waals surface area contributed by atoms with E-state index in [9.17, 15) is 22.8 Å². The molecule has 1 aromatic carbocycles. The van der Waals surface area contributed by atoms with Crippen molar-refractivity contribution in [1.29, 1.82) is 0 Å². The molecule has 2 aliphatic rings. The van der Waals surface area contributed by atoms with Gasteiger partial charge in [0.1, 0.15) is 6.04 Å². The van der Waals surface area contributed by atoms with Crippen LogP contribution in [0.1, 0.15) is 37.3 Å². The molecule has 5 nitrogen and oxygen atoms in total. The summed E-state index contributed by atoms with van der Waals surface area (Å²) < 4.78 is 45.7. The second-order valence-corrected chi connectivity index (χ2v) is 7.11. The van der Waals surface area contributed by atoms with Crippen LogP contribution in [0.5, 0.6) is 5.75 Å². The van der Waals surface area contributed by atoms with Crippen molar-refractivity contribution in [2.24, 2.45) is 11.8 Å². The number of carbonyl (C=O) groups excluding carboxylic acids is 2. The summed E-state index contributed by atoms with van der Waals surface area (Å²) in [5, 5.41) is 2.34. The average molecular weight is 384 g/mol. The number of amides is 2. The van der Waals surface area contributed by atoms with E-state index in [2.05, 4.69) is 5.32 Å². The van der Waals surface area contributed by atoms with Gasteiger partial charge in [-0.2, -0.15) is 0 Å². The summed E-state index contributed by atoms with van der Waals surface area (Å²) in [6, 6.07) is 1.89. The van der Waals surface area contributed by atoms with Crippen LogP contribution >= 0.6 is 0 Å². The first kappa shape index (κ1) is 19.5. The molecule has 0 radical (unpaired) electrons. The number of likely N-dealkylation sites (tertiary alicyclic amines) is 1. The van der Waals surface area contributed by atoms with Crippen LogP contribution in [-0.2, 0) is 9.59 Å². The minimum absolute atomic E-state index is 0.0293. The molecule has 2 atom stereocenters.